The van der Waals surface area contributed by atoms with Crippen LogP contribution in [0.4, 0.5) is 0 Å². The van der Waals surface area contributed by atoms with E-state index in [0.29, 0.717) is 16.5 Å². The van der Waals surface area contributed by atoms with Crippen molar-refractivity contribution in [3.8, 4) is 0 Å². The van der Waals surface area contributed by atoms with Gasteiger partial charge in [0.25, 0.3) is 0 Å². The normalized spacial score (nSPS) is 8.95. The maximum absolute atomic E-state index is 10.6. The first-order valence-corrected chi connectivity index (χ1v) is 6.78. The van der Waals surface area contributed by atoms with E-state index in [1.165, 1.54) is 5.56 Å². The topological polar surface area (TPSA) is 48.6 Å². The number of hydrogen-bond acceptors (Lipinski definition) is 1. The molecule has 2 nitrogen and oxygen atoms in total. The third-order valence-electron chi connectivity index (χ3n) is 2.43. The molecule has 0 saturated heterocycles. The van der Waals surface area contributed by atoms with Crippen molar-refractivity contribution in [3.63, 3.8) is 0 Å². The molecule has 0 aliphatic heterocycles. The zero-order chi connectivity index (χ0) is 14.1. The maximum atomic E-state index is 10.6. The Bertz CT molecular complexity index is 492. The third kappa shape index (κ3) is 7.95. The summed E-state index contributed by atoms with van der Waals surface area (Å²) in [7, 11) is 0. The van der Waals surface area contributed by atoms with E-state index in [1.807, 2.05) is 42.5 Å². The van der Waals surface area contributed by atoms with Crippen LogP contribution in [0.2, 0.25) is 10.0 Å². The second-order valence-electron chi connectivity index (χ2n) is 4.10. The van der Waals surface area contributed by atoms with Crippen molar-refractivity contribution < 1.29 is 10.3 Å². The minimum atomic E-state index is 0. The largest absolute Gasteiger partial charge is 0.412 e. The van der Waals surface area contributed by atoms with Gasteiger partial charge in [-0.05, 0) is 31.0 Å². The van der Waals surface area contributed by atoms with E-state index >= 15 is 0 Å². The van der Waals surface area contributed by atoms with Gasteiger partial charge in [0.1, 0.15) is 5.78 Å². The van der Waals surface area contributed by atoms with Gasteiger partial charge in [0, 0.05) is 6.42 Å². The highest BCUT2D eigenvalue weighted by atomic mass is 35.5. The van der Waals surface area contributed by atoms with Crippen LogP contribution in [0.15, 0.2) is 54.6 Å². The highest BCUT2D eigenvalue weighted by molar-refractivity contribution is 6.41. The predicted octanol–water partition coefficient (Wildman–Crippen LogP) is 4.38. The summed E-state index contributed by atoms with van der Waals surface area (Å²) in [5, 5.41) is 1.21. The molecule has 0 saturated carbocycles. The van der Waals surface area contributed by atoms with Crippen molar-refractivity contribution >= 4 is 29.0 Å². The first-order valence-electron chi connectivity index (χ1n) is 6.03. The Labute approximate surface area is 129 Å². The van der Waals surface area contributed by atoms with E-state index < -0.39 is 0 Å². The van der Waals surface area contributed by atoms with Gasteiger partial charge in [-0.2, -0.15) is 0 Å². The van der Waals surface area contributed by atoms with Crippen molar-refractivity contribution in [1.29, 1.82) is 0 Å². The molecule has 0 bridgehead atoms. The van der Waals surface area contributed by atoms with Gasteiger partial charge >= 0.3 is 0 Å². The highest BCUT2D eigenvalue weighted by Gasteiger charge is 1.94. The van der Waals surface area contributed by atoms with E-state index in [-0.39, 0.29) is 11.3 Å². The van der Waals surface area contributed by atoms with Crippen molar-refractivity contribution in [2.24, 2.45) is 0 Å². The lowest BCUT2D eigenvalue weighted by molar-refractivity contribution is -0.116. The van der Waals surface area contributed by atoms with Crippen LogP contribution in [-0.4, -0.2) is 11.3 Å². The highest BCUT2D eigenvalue weighted by Crippen LogP contribution is 2.19. The van der Waals surface area contributed by atoms with E-state index in [1.54, 1.807) is 19.1 Å². The lowest BCUT2D eigenvalue weighted by atomic mass is 10.1. The molecular formula is C16H18Cl2O2. The number of hydrogen-bond donors (Lipinski definition) is 0. The van der Waals surface area contributed by atoms with Gasteiger partial charge in [-0.1, -0.05) is 65.7 Å². The van der Waals surface area contributed by atoms with Crippen molar-refractivity contribution in [1.82, 2.24) is 0 Å². The number of halogens is 2. The predicted molar refractivity (Wildman–Crippen MR) is 85.5 cm³/mol. The lowest BCUT2D eigenvalue weighted by Crippen LogP contribution is -1.92. The summed E-state index contributed by atoms with van der Waals surface area (Å²) >= 11 is 11.2. The minimum Gasteiger partial charge on any atom is -0.412 e. The second kappa shape index (κ2) is 10.4. The van der Waals surface area contributed by atoms with Gasteiger partial charge in [0.05, 0.1) is 10.0 Å². The van der Waals surface area contributed by atoms with Crippen LogP contribution in [0.5, 0.6) is 0 Å². The van der Waals surface area contributed by atoms with E-state index in [2.05, 4.69) is 0 Å². The van der Waals surface area contributed by atoms with Crippen LogP contribution in [0, 0.1) is 0 Å². The standard InChI is InChI=1S/C10H12O.C6H4Cl2.H2O/c1-9(11)7-8-10-5-3-2-4-6-10;7-5-3-1-2-4-6(5)8;/h2-6H,7-8H2,1H3;1-4H;1H2. The Morgan fingerprint density at radius 1 is 0.900 bits per heavy atom. The Morgan fingerprint density at radius 3 is 1.75 bits per heavy atom. The van der Waals surface area contributed by atoms with Crippen LogP contribution in [0.3, 0.4) is 0 Å². The minimum absolute atomic E-state index is 0. The number of benzene rings is 2. The number of aryl methyl sites for hydroxylation is 1. The zero-order valence-corrected chi connectivity index (χ0v) is 12.8. The van der Waals surface area contributed by atoms with Gasteiger partial charge in [-0.25, -0.2) is 0 Å². The van der Waals surface area contributed by atoms with Gasteiger partial charge in [0.15, 0.2) is 0 Å². The molecule has 2 aromatic rings. The van der Waals surface area contributed by atoms with Gasteiger partial charge in [0.2, 0.25) is 0 Å². The summed E-state index contributed by atoms with van der Waals surface area (Å²) in [6, 6.07) is 17.3. The number of Topliss-reactive ketones (excluding diaryl/α,β-unsaturated/α-hetero) is 1. The molecule has 20 heavy (non-hydrogen) atoms. The molecule has 2 rings (SSSR count). The average Bonchev–Trinajstić information content (AvgIpc) is 2.42. The molecule has 0 atom stereocenters. The smallest absolute Gasteiger partial charge is 0.130 e. The molecule has 0 radical (unpaired) electrons. The van der Waals surface area contributed by atoms with E-state index in [4.69, 9.17) is 23.2 Å². The van der Waals surface area contributed by atoms with Crippen molar-refractivity contribution in [3.05, 3.63) is 70.2 Å². The molecule has 2 N–H and O–H groups in total. The fourth-order valence-corrected chi connectivity index (χ4v) is 1.68. The summed E-state index contributed by atoms with van der Waals surface area (Å²) in [5.74, 6) is 0.258. The fraction of sp³-hybridized carbons (Fsp3) is 0.188. The molecular weight excluding hydrogens is 295 g/mol. The van der Waals surface area contributed by atoms with Crippen LogP contribution in [0.25, 0.3) is 0 Å². The van der Waals surface area contributed by atoms with Crippen LogP contribution in [-0.2, 0) is 11.2 Å². The molecule has 0 amide bonds. The third-order valence-corrected chi connectivity index (χ3v) is 3.19. The molecule has 108 valence electrons. The number of carbonyl (C=O) groups excluding carboxylic acids is 1. The summed E-state index contributed by atoms with van der Waals surface area (Å²) < 4.78 is 0. The van der Waals surface area contributed by atoms with E-state index in [9.17, 15) is 4.79 Å². The maximum Gasteiger partial charge on any atom is 0.130 e. The zero-order valence-electron chi connectivity index (χ0n) is 11.3. The fourth-order valence-electron chi connectivity index (χ4n) is 1.40. The SMILES string of the molecule is CC(=O)CCc1ccccc1.Clc1ccccc1Cl.O. The molecule has 0 unspecified atom stereocenters. The van der Waals surface area contributed by atoms with Gasteiger partial charge < -0.3 is 10.3 Å². The lowest BCUT2D eigenvalue weighted by Gasteiger charge is -1.96. The first kappa shape index (κ1) is 18.7. The second-order valence-corrected chi connectivity index (χ2v) is 4.92. The summed E-state index contributed by atoms with van der Waals surface area (Å²) in [4.78, 5) is 10.6. The number of rotatable bonds is 3. The molecule has 0 heterocycles. The van der Waals surface area contributed by atoms with Crippen LogP contribution < -0.4 is 0 Å². The Morgan fingerprint density at radius 2 is 1.35 bits per heavy atom. The molecule has 0 aliphatic carbocycles. The summed E-state index contributed by atoms with van der Waals surface area (Å²) in [6.07, 6.45) is 1.53. The van der Waals surface area contributed by atoms with Gasteiger partial charge in [-0.15, -0.1) is 0 Å². The summed E-state index contributed by atoms with van der Waals surface area (Å²) in [6.45, 7) is 1.63. The molecule has 4 heteroatoms. The molecule has 0 aromatic heterocycles. The molecule has 0 fully saturated rings. The Kier molecular flexibility index (Phi) is 9.73. The van der Waals surface area contributed by atoms with Crippen molar-refractivity contribution in [2.75, 3.05) is 0 Å². The number of carbonyl (C=O) groups is 1. The summed E-state index contributed by atoms with van der Waals surface area (Å²) in [5.41, 5.74) is 1.24. The average molecular weight is 313 g/mol. The monoisotopic (exact) mass is 312 g/mol. The van der Waals surface area contributed by atoms with Crippen LogP contribution >= 0.6 is 23.2 Å². The Balaban J connectivity index is 0.000000359. The van der Waals surface area contributed by atoms with Crippen molar-refractivity contribution in [2.45, 2.75) is 19.8 Å². The quantitative estimate of drug-likeness (QED) is 0.829. The molecule has 2 aromatic carbocycles. The van der Waals surface area contributed by atoms with E-state index in [0.717, 1.165) is 6.42 Å². The Hall–Kier alpha value is -1.35. The van der Waals surface area contributed by atoms with Gasteiger partial charge in [-0.3, -0.25) is 0 Å². The number of ketones is 1. The molecule has 0 aliphatic rings. The van der Waals surface area contributed by atoms with Crippen LogP contribution in [0.1, 0.15) is 18.9 Å². The first-order chi connectivity index (χ1) is 9.09. The molecule has 0 spiro atoms.